The van der Waals surface area contributed by atoms with E-state index < -0.39 is 0 Å². The van der Waals surface area contributed by atoms with E-state index in [4.69, 9.17) is 0 Å². The molecular weight excluding hydrogens is 290 g/mol. The van der Waals surface area contributed by atoms with Crippen molar-refractivity contribution in [3.05, 3.63) is 0 Å². The number of nitrogens with one attached hydrogen (secondary N) is 1. The van der Waals surface area contributed by atoms with Gasteiger partial charge in [-0.25, -0.2) is 0 Å². The highest BCUT2D eigenvalue weighted by Gasteiger charge is 2.12. The zero-order valence-electron chi connectivity index (χ0n) is 12.3. The van der Waals surface area contributed by atoms with Crippen LogP contribution in [0.1, 0.15) is 72.1 Å². The number of rotatable bonds is 11. The fraction of sp³-hybridized carbons (Fsp3) is 0.933. The van der Waals surface area contributed by atoms with E-state index in [1.165, 1.54) is 32.1 Å². The lowest BCUT2D eigenvalue weighted by Gasteiger charge is -2.18. The summed E-state index contributed by atoms with van der Waals surface area (Å²) in [4.78, 5) is 11.8. The molecule has 0 aromatic carbocycles. The molecule has 1 unspecified atom stereocenters. The molecule has 2 nitrogen and oxygen atoms in total. The van der Waals surface area contributed by atoms with Crippen LogP contribution in [0.15, 0.2) is 0 Å². The van der Waals surface area contributed by atoms with Crippen LogP contribution < -0.4 is 5.32 Å². The molecule has 0 aliphatic heterocycles. The summed E-state index contributed by atoms with van der Waals surface area (Å²) in [5.74, 6) is 0.845. The summed E-state index contributed by atoms with van der Waals surface area (Å²) in [6.45, 7) is 6.60. The first-order valence-corrected chi connectivity index (χ1v) is 8.57. The quantitative estimate of drug-likeness (QED) is 0.435. The fourth-order valence-electron chi connectivity index (χ4n) is 2.10. The van der Waals surface area contributed by atoms with E-state index in [-0.39, 0.29) is 11.9 Å². The number of unbranched alkanes of at least 4 members (excludes halogenated alkanes) is 5. The first-order chi connectivity index (χ1) is 8.60. The van der Waals surface area contributed by atoms with Gasteiger partial charge in [0.15, 0.2) is 0 Å². The second-order valence-electron chi connectivity index (χ2n) is 5.57. The van der Waals surface area contributed by atoms with Crippen molar-refractivity contribution in [1.82, 2.24) is 5.32 Å². The maximum atomic E-state index is 11.8. The highest BCUT2D eigenvalue weighted by molar-refractivity contribution is 9.09. The van der Waals surface area contributed by atoms with Crippen LogP contribution >= 0.6 is 15.9 Å². The summed E-state index contributed by atoms with van der Waals surface area (Å²) < 4.78 is 0. The Morgan fingerprint density at radius 2 is 1.72 bits per heavy atom. The fourth-order valence-corrected chi connectivity index (χ4v) is 2.52. The van der Waals surface area contributed by atoms with E-state index in [1.807, 2.05) is 0 Å². The lowest BCUT2D eigenvalue weighted by atomic mass is 10.0. The predicted octanol–water partition coefficient (Wildman–Crippen LogP) is 4.66. The standard InChI is InChI=1S/C15H30BrNO/c1-4-5-6-7-8-9-10-15(18)17-14(12-16)11-13(2)3/h13-14H,4-12H2,1-3H3,(H,17,18). The highest BCUT2D eigenvalue weighted by atomic mass is 79.9. The minimum Gasteiger partial charge on any atom is -0.353 e. The smallest absolute Gasteiger partial charge is 0.220 e. The topological polar surface area (TPSA) is 29.1 Å². The molecule has 0 aliphatic carbocycles. The number of carbonyl (C=O) groups excluding carboxylic acids is 1. The van der Waals surface area contributed by atoms with Gasteiger partial charge in [-0.3, -0.25) is 4.79 Å². The lowest BCUT2D eigenvalue weighted by Crippen LogP contribution is -2.36. The van der Waals surface area contributed by atoms with E-state index in [0.717, 1.165) is 18.2 Å². The zero-order chi connectivity index (χ0) is 13.8. The minimum absolute atomic E-state index is 0.218. The molecule has 0 saturated carbocycles. The van der Waals surface area contributed by atoms with Gasteiger partial charge >= 0.3 is 0 Å². The maximum absolute atomic E-state index is 11.8. The first kappa shape index (κ1) is 17.9. The Kier molecular flexibility index (Phi) is 12.0. The third-order valence-corrected chi connectivity index (χ3v) is 3.85. The zero-order valence-corrected chi connectivity index (χ0v) is 13.9. The second kappa shape index (κ2) is 12.0. The molecule has 108 valence electrons. The van der Waals surface area contributed by atoms with Crippen molar-refractivity contribution >= 4 is 21.8 Å². The number of alkyl halides is 1. The monoisotopic (exact) mass is 319 g/mol. The van der Waals surface area contributed by atoms with Gasteiger partial charge < -0.3 is 5.32 Å². The largest absolute Gasteiger partial charge is 0.353 e. The molecule has 18 heavy (non-hydrogen) atoms. The Morgan fingerprint density at radius 3 is 2.28 bits per heavy atom. The number of halogens is 1. The summed E-state index contributed by atoms with van der Waals surface area (Å²) in [7, 11) is 0. The second-order valence-corrected chi connectivity index (χ2v) is 6.21. The summed E-state index contributed by atoms with van der Waals surface area (Å²) in [6, 6.07) is 0.289. The first-order valence-electron chi connectivity index (χ1n) is 7.45. The predicted molar refractivity (Wildman–Crippen MR) is 83.2 cm³/mol. The number of carbonyl (C=O) groups is 1. The number of hydrogen-bond donors (Lipinski definition) is 1. The summed E-state index contributed by atoms with van der Waals surface area (Å²) in [5.41, 5.74) is 0. The van der Waals surface area contributed by atoms with Crippen LogP contribution in [0.25, 0.3) is 0 Å². The van der Waals surface area contributed by atoms with E-state index in [9.17, 15) is 4.79 Å². The molecule has 0 radical (unpaired) electrons. The highest BCUT2D eigenvalue weighted by Crippen LogP contribution is 2.09. The Bertz CT molecular complexity index is 207. The number of amides is 1. The van der Waals surface area contributed by atoms with Gasteiger partial charge in [-0.2, -0.15) is 0 Å². The van der Waals surface area contributed by atoms with Gasteiger partial charge in [0.25, 0.3) is 0 Å². The van der Waals surface area contributed by atoms with Crippen molar-refractivity contribution in [2.45, 2.75) is 78.2 Å². The molecule has 0 fully saturated rings. The van der Waals surface area contributed by atoms with Crippen LogP contribution in [0, 0.1) is 5.92 Å². The van der Waals surface area contributed by atoms with Crippen molar-refractivity contribution in [2.24, 2.45) is 5.92 Å². The van der Waals surface area contributed by atoms with Gasteiger partial charge in [0, 0.05) is 17.8 Å². The molecule has 3 heteroatoms. The van der Waals surface area contributed by atoms with Crippen LogP contribution in [0.5, 0.6) is 0 Å². The molecule has 1 N–H and O–H groups in total. The number of hydrogen-bond acceptors (Lipinski definition) is 1. The molecule has 0 heterocycles. The third kappa shape index (κ3) is 11.1. The average Bonchev–Trinajstić information content (AvgIpc) is 2.32. The normalized spacial score (nSPS) is 12.7. The summed E-state index contributed by atoms with van der Waals surface area (Å²) in [6.07, 6.45) is 9.16. The average molecular weight is 320 g/mol. The van der Waals surface area contributed by atoms with Crippen molar-refractivity contribution in [3.8, 4) is 0 Å². The third-order valence-electron chi connectivity index (χ3n) is 3.06. The minimum atomic E-state index is 0.218. The van der Waals surface area contributed by atoms with Crippen LogP contribution in [0.4, 0.5) is 0 Å². The molecule has 0 rings (SSSR count). The molecule has 0 spiro atoms. The molecular formula is C15H30BrNO. The molecule has 0 aromatic heterocycles. The molecule has 0 aliphatic rings. The van der Waals surface area contributed by atoms with Crippen LogP contribution in [-0.4, -0.2) is 17.3 Å². The van der Waals surface area contributed by atoms with Gasteiger partial charge in [0.2, 0.25) is 5.91 Å². The molecule has 1 amide bonds. The lowest BCUT2D eigenvalue weighted by molar-refractivity contribution is -0.121. The van der Waals surface area contributed by atoms with Crippen molar-refractivity contribution in [3.63, 3.8) is 0 Å². The van der Waals surface area contributed by atoms with Gasteiger partial charge in [0.1, 0.15) is 0 Å². The van der Waals surface area contributed by atoms with Crippen molar-refractivity contribution < 1.29 is 4.79 Å². The molecule has 0 bridgehead atoms. The maximum Gasteiger partial charge on any atom is 0.220 e. The van der Waals surface area contributed by atoms with Crippen LogP contribution in [0.3, 0.4) is 0 Å². The summed E-state index contributed by atoms with van der Waals surface area (Å²) >= 11 is 3.47. The molecule has 0 saturated heterocycles. The van der Waals surface area contributed by atoms with Gasteiger partial charge in [0.05, 0.1) is 0 Å². The Labute approximate surface area is 121 Å². The Hall–Kier alpha value is -0.0500. The van der Waals surface area contributed by atoms with Gasteiger partial charge in [-0.05, 0) is 18.8 Å². The summed E-state index contributed by atoms with van der Waals surface area (Å²) in [5, 5.41) is 3.97. The van der Waals surface area contributed by atoms with Crippen molar-refractivity contribution in [2.75, 3.05) is 5.33 Å². The van der Waals surface area contributed by atoms with Gasteiger partial charge in [-0.1, -0.05) is 68.8 Å². The molecule has 0 aromatic rings. The van der Waals surface area contributed by atoms with E-state index >= 15 is 0 Å². The van der Waals surface area contributed by atoms with E-state index in [0.29, 0.717) is 12.3 Å². The van der Waals surface area contributed by atoms with Crippen LogP contribution in [-0.2, 0) is 4.79 Å². The van der Waals surface area contributed by atoms with Crippen LogP contribution in [0.2, 0.25) is 0 Å². The Morgan fingerprint density at radius 1 is 1.11 bits per heavy atom. The van der Waals surface area contributed by atoms with E-state index in [2.05, 4.69) is 42.0 Å². The van der Waals surface area contributed by atoms with E-state index in [1.54, 1.807) is 0 Å². The Balaban J connectivity index is 3.56. The van der Waals surface area contributed by atoms with Crippen molar-refractivity contribution in [1.29, 1.82) is 0 Å². The van der Waals surface area contributed by atoms with Gasteiger partial charge in [-0.15, -0.1) is 0 Å². The SMILES string of the molecule is CCCCCCCCC(=O)NC(CBr)CC(C)C. The molecule has 1 atom stereocenters.